The highest BCUT2D eigenvalue weighted by Crippen LogP contribution is 2.75. The van der Waals surface area contributed by atoms with Gasteiger partial charge in [0.05, 0.1) is 0 Å². The molecular weight excluding hydrogens is 359 g/mol. The number of hydrogen-bond donors (Lipinski definition) is 0. The second-order valence-corrected chi connectivity index (χ2v) is 11.8. The molecule has 0 aliphatic carbocycles. The van der Waals surface area contributed by atoms with E-state index in [0.717, 1.165) is 22.6 Å². The summed E-state index contributed by atoms with van der Waals surface area (Å²) in [5, 5.41) is -0.169. The fraction of sp³-hybridized carbons (Fsp3) is 0.333. The summed E-state index contributed by atoms with van der Waals surface area (Å²) in [6, 6.07) is 16.0. The lowest BCUT2D eigenvalue weighted by atomic mass is 10.2. The number of benzene rings is 2. The van der Waals surface area contributed by atoms with Crippen LogP contribution in [0.5, 0.6) is 11.5 Å². The molecule has 0 radical (unpaired) electrons. The van der Waals surface area contributed by atoms with Crippen LogP contribution in [0.25, 0.3) is 0 Å². The van der Waals surface area contributed by atoms with Gasteiger partial charge >= 0.3 is 6.42 Å². The first kappa shape index (κ1) is 17.3. The molecule has 0 amide bonds. The largest absolute Gasteiger partial charge is 0.435 e. The van der Waals surface area contributed by atoms with Crippen molar-refractivity contribution in [3.8, 4) is 11.5 Å². The van der Waals surface area contributed by atoms with E-state index in [0.29, 0.717) is 0 Å². The number of rotatable bonds is 4. The van der Waals surface area contributed by atoms with Crippen LogP contribution in [0.15, 0.2) is 48.5 Å². The lowest BCUT2D eigenvalue weighted by Gasteiger charge is -2.29. The smallest absolute Gasteiger partial charge is 0.297 e. The van der Waals surface area contributed by atoms with Gasteiger partial charge in [0, 0.05) is 0 Å². The minimum atomic E-state index is -2.34. The first-order chi connectivity index (χ1) is 10.2. The van der Waals surface area contributed by atoms with Gasteiger partial charge in [-0.2, -0.15) is 0 Å². The summed E-state index contributed by atoms with van der Waals surface area (Å²) in [7, 11) is 0. The summed E-state index contributed by atoms with van der Waals surface area (Å²) in [6.45, 7) is 10.5. The molecule has 0 fully saturated rings. The van der Waals surface area contributed by atoms with Crippen LogP contribution < -0.4 is 9.05 Å². The van der Waals surface area contributed by atoms with E-state index in [1.54, 1.807) is 0 Å². The monoisotopic (exact) mass is 381 g/mol. The van der Waals surface area contributed by atoms with E-state index >= 15 is 0 Å². The average Bonchev–Trinajstić information content (AvgIpc) is 2.43. The molecule has 0 N–H and O–H groups in total. The van der Waals surface area contributed by atoms with Gasteiger partial charge in [0.25, 0.3) is 0 Å². The molecule has 0 spiro atoms. The van der Waals surface area contributed by atoms with Gasteiger partial charge in [-0.05, 0) is 57.9 Å². The van der Waals surface area contributed by atoms with Gasteiger partial charge in [-0.1, -0.05) is 36.4 Å². The molecule has 0 saturated carbocycles. The van der Waals surface area contributed by atoms with Crippen molar-refractivity contribution in [1.29, 1.82) is 0 Å². The first-order valence-corrected chi connectivity index (χ1v) is 11.0. The molecule has 4 heteroatoms. The van der Waals surface area contributed by atoms with E-state index < -0.39 is 6.42 Å². The van der Waals surface area contributed by atoms with Crippen LogP contribution in [-0.4, -0.2) is 5.16 Å². The van der Waals surface area contributed by atoms with E-state index in [1.807, 2.05) is 62.4 Å². The highest BCUT2D eigenvalue weighted by atomic mass is 79.9. The molecule has 22 heavy (non-hydrogen) atoms. The maximum atomic E-state index is 6.36. The van der Waals surface area contributed by atoms with Crippen LogP contribution >= 0.6 is 21.9 Å². The van der Waals surface area contributed by atoms with Crippen molar-refractivity contribution in [3.05, 3.63) is 59.7 Å². The fourth-order valence-electron chi connectivity index (χ4n) is 1.86. The minimum absolute atomic E-state index is 0.169. The van der Waals surface area contributed by atoms with Gasteiger partial charge in [-0.3, -0.25) is 9.05 Å². The van der Waals surface area contributed by atoms with Crippen molar-refractivity contribution in [2.45, 2.75) is 39.8 Å². The van der Waals surface area contributed by atoms with Gasteiger partial charge in [-0.25, -0.2) is 0 Å². The molecule has 0 atom stereocenters. The summed E-state index contributed by atoms with van der Waals surface area (Å²) in [5.74, 6) is 1.72. The summed E-state index contributed by atoms with van der Waals surface area (Å²) >= 11 is 3.81. The van der Waals surface area contributed by atoms with E-state index in [2.05, 4.69) is 36.3 Å². The number of para-hydroxylation sites is 2. The Labute approximate surface area is 142 Å². The number of hydrogen-bond acceptors (Lipinski definition) is 2. The van der Waals surface area contributed by atoms with Crippen molar-refractivity contribution in [2.75, 3.05) is 0 Å². The molecule has 0 aromatic heterocycles. The Bertz CT molecular complexity index is 602. The van der Waals surface area contributed by atoms with Crippen molar-refractivity contribution in [3.63, 3.8) is 0 Å². The van der Waals surface area contributed by atoms with Crippen molar-refractivity contribution < 1.29 is 9.05 Å². The second kappa shape index (κ2) is 6.60. The van der Waals surface area contributed by atoms with Crippen LogP contribution in [0.3, 0.4) is 0 Å². The summed E-state index contributed by atoms with van der Waals surface area (Å²) in [4.78, 5) is 0. The van der Waals surface area contributed by atoms with E-state index in [1.165, 1.54) is 0 Å². The second-order valence-electron chi connectivity index (χ2n) is 6.36. The van der Waals surface area contributed by atoms with E-state index in [9.17, 15) is 0 Å². The zero-order chi connectivity index (χ0) is 16.4. The molecule has 118 valence electrons. The van der Waals surface area contributed by atoms with Gasteiger partial charge < -0.3 is 0 Å². The maximum Gasteiger partial charge on any atom is 0.435 e. The highest BCUT2D eigenvalue weighted by molar-refractivity contribution is 9.41. The third-order valence-corrected chi connectivity index (χ3v) is 9.95. The van der Waals surface area contributed by atoms with Crippen LogP contribution in [-0.2, 0) is 0 Å². The maximum absolute atomic E-state index is 6.36. The SMILES string of the molecule is Cc1ccccc1O[P+](Br)(Oc1ccccc1C)C(C)(C)C. The molecule has 2 aromatic carbocycles. The molecular formula is C18H23BrO2P+. The molecule has 0 aliphatic heterocycles. The molecule has 0 heterocycles. The van der Waals surface area contributed by atoms with Crippen LogP contribution in [0, 0.1) is 13.8 Å². The molecule has 0 bridgehead atoms. The lowest BCUT2D eigenvalue weighted by Crippen LogP contribution is -2.24. The standard InChI is InChI=1S/C18H23BrO2P/c1-14-10-6-8-12-16(14)20-22(19,18(3,4)5)21-17-13-9-7-11-15(17)2/h6-13H,1-5H3/q+1. The Morgan fingerprint density at radius 2 is 1.14 bits per heavy atom. The molecule has 2 aromatic rings. The van der Waals surface area contributed by atoms with Crippen molar-refractivity contribution in [1.82, 2.24) is 0 Å². The highest BCUT2D eigenvalue weighted by Gasteiger charge is 2.56. The predicted octanol–water partition coefficient (Wildman–Crippen LogP) is 6.72. The summed E-state index contributed by atoms with van der Waals surface area (Å²) in [5.41, 5.74) is 2.20. The van der Waals surface area contributed by atoms with Crippen molar-refractivity contribution >= 4 is 21.9 Å². The topological polar surface area (TPSA) is 18.5 Å². The van der Waals surface area contributed by atoms with Crippen LogP contribution in [0.4, 0.5) is 0 Å². The number of halogens is 1. The van der Waals surface area contributed by atoms with Gasteiger partial charge in [0.1, 0.15) is 0 Å². The third kappa shape index (κ3) is 3.83. The van der Waals surface area contributed by atoms with Gasteiger partial charge in [-0.15, -0.1) is 0 Å². The summed E-state index contributed by atoms with van der Waals surface area (Å²) in [6.07, 6.45) is -2.34. The molecule has 0 saturated heterocycles. The molecule has 2 nitrogen and oxygen atoms in total. The Kier molecular flexibility index (Phi) is 5.19. The number of aryl methyl sites for hydroxylation is 2. The Hall–Kier alpha value is -1.05. The van der Waals surface area contributed by atoms with Crippen molar-refractivity contribution in [2.24, 2.45) is 0 Å². The normalized spacial score (nSPS) is 12.1. The Morgan fingerprint density at radius 3 is 1.45 bits per heavy atom. The molecule has 0 aliphatic rings. The van der Waals surface area contributed by atoms with Gasteiger partial charge in [0.2, 0.25) is 15.5 Å². The predicted molar refractivity (Wildman–Crippen MR) is 99.2 cm³/mol. The Balaban J connectivity index is 2.37. The third-order valence-electron chi connectivity index (χ3n) is 3.42. The lowest BCUT2D eigenvalue weighted by molar-refractivity contribution is 0.446. The first-order valence-electron chi connectivity index (χ1n) is 7.32. The summed E-state index contributed by atoms with van der Waals surface area (Å²) < 4.78 is 12.7. The fourth-order valence-corrected chi connectivity index (χ4v) is 4.30. The van der Waals surface area contributed by atoms with Crippen LogP contribution in [0.1, 0.15) is 31.9 Å². The molecule has 2 rings (SSSR count). The van der Waals surface area contributed by atoms with Crippen LogP contribution in [0.2, 0.25) is 0 Å². The minimum Gasteiger partial charge on any atom is -0.297 e. The average molecular weight is 382 g/mol. The zero-order valence-electron chi connectivity index (χ0n) is 13.8. The molecule has 0 unspecified atom stereocenters. The Morgan fingerprint density at radius 1 is 0.773 bits per heavy atom. The zero-order valence-corrected chi connectivity index (χ0v) is 16.2. The van der Waals surface area contributed by atoms with E-state index in [-0.39, 0.29) is 5.16 Å². The van der Waals surface area contributed by atoms with E-state index in [4.69, 9.17) is 9.05 Å². The quantitative estimate of drug-likeness (QED) is 0.547. The van der Waals surface area contributed by atoms with Gasteiger partial charge in [0.15, 0.2) is 16.7 Å².